The van der Waals surface area contributed by atoms with Crippen LogP contribution in [0.25, 0.3) is 0 Å². The summed E-state index contributed by atoms with van der Waals surface area (Å²) in [4.78, 5) is 0. The molecule has 1 atom stereocenters. The zero-order valence-electron chi connectivity index (χ0n) is 9.16. The molecule has 0 aliphatic rings. The van der Waals surface area contributed by atoms with Crippen molar-refractivity contribution in [3.8, 4) is 5.75 Å². The van der Waals surface area contributed by atoms with Gasteiger partial charge in [-0.2, -0.15) is 0 Å². The third-order valence-corrected chi connectivity index (χ3v) is 2.15. The van der Waals surface area contributed by atoms with Crippen LogP contribution in [-0.2, 0) is 0 Å². The first-order valence-electron chi connectivity index (χ1n) is 5.12. The van der Waals surface area contributed by atoms with Crippen molar-refractivity contribution in [3.63, 3.8) is 0 Å². The van der Waals surface area contributed by atoms with Gasteiger partial charge in [-0.3, -0.25) is 4.39 Å². The first-order chi connectivity index (χ1) is 7.15. The first-order valence-corrected chi connectivity index (χ1v) is 5.12. The van der Waals surface area contributed by atoms with Gasteiger partial charge < -0.3 is 9.84 Å². The lowest BCUT2D eigenvalue weighted by molar-refractivity contribution is 0.190. The second-order valence-corrected chi connectivity index (χ2v) is 3.61. The van der Waals surface area contributed by atoms with Crippen molar-refractivity contribution in [2.24, 2.45) is 0 Å². The molecular weight excluding hydrogens is 195 g/mol. The summed E-state index contributed by atoms with van der Waals surface area (Å²) in [5.74, 6) is 0.643. The summed E-state index contributed by atoms with van der Waals surface area (Å²) in [6.45, 7) is 3.61. The van der Waals surface area contributed by atoms with Gasteiger partial charge in [0.15, 0.2) is 0 Å². The van der Waals surface area contributed by atoms with E-state index in [1.165, 1.54) is 0 Å². The minimum absolute atomic E-state index is 0.347. The van der Waals surface area contributed by atoms with Crippen molar-refractivity contribution < 1.29 is 14.2 Å². The highest BCUT2D eigenvalue weighted by atomic mass is 19.1. The molecule has 0 heterocycles. The number of aliphatic hydroxyl groups is 1. The molecule has 1 aromatic carbocycles. The molecule has 0 unspecified atom stereocenters. The van der Waals surface area contributed by atoms with Crippen molar-refractivity contribution >= 4 is 0 Å². The van der Waals surface area contributed by atoms with Crippen LogP contribution in [0.4, 0.5) is 4.39 Å². The highest BCUT2D eigenvalue weighted by Gasteiger charge is 2.08. The van der Waals surface area contributed by atoms with E-state index in [4.69, 9.17) is 4.74 Å². The minimum atomic E-state index is -0.565. The number of aryl methyl sites for hydroxylation is 1. The predicted molar refractivity (Wildman–Crippen MR) is 57.9 cm³/mol. The summed E-state index contributed by atoms with van der Waals surface area (Å²) in [5, 5.41) is 9.53. The molecule has 0 aromatic heterocycles. The van der Waals surface area contributed by atoms with Crippen molar-refractivity contribution in [1.82, 2.24) is 0 Å². The topological polar surface area (TPSA) is 29.5 Å². The number of hydrogen-bond acceptors (Lipinski definition) is 2. The molecule has 0 radical (unpaired) electrons. The normalized spacial score (nSPS) is 12.5. The van der Waals surface area contributed by atoms with Crippen LogP contribution in [0.15, 0.2) is 18.2 Å². The van der Waals surface area contributed by atoms with Crippen LogP contribution in [0.2, 0.25) is 0 Å². The Bertz CT molecular complexity index is 310. The summed E-state index contributed by atoms with van der Waals surface area (Å²) in [7, 11) is 0. The monoisotopic (exact) mass is 212 g/mol. The maximum absolute atomic E-state index is 11.9. The number of hydrogen-bond donors (Lipinski definition) is 1. The minimum Gasteiger partial charge on any atom is -0.493 e. The van der Waals surface area contributed by atoms with E-state index in [1.54, 1.807) is 6.92 Å². The average Bonchev–Trinajstić information content (AvgIpc) is 2.20. The highest BCUT2D eigenvalue weighted by Crippen LogP contribution is 2.26. The molecule has 15 heavy (non-hydrogen) atoms. The molecule has 84 valence electrons. The Labute approximate surface area is 89.7 Å². The number of benzene rings is 1. The molecule has 0 bridgehead atoms. The second kappa shape index (κ2) is 5.71. The molecule has 1 rings (SSSR count). The van der Waals surface area contributed by atoms with Crippen LogP contribution in [0.3, 0.4) is 0 Å². The van der Waals surface area contributed by atoms with Gasteiger partial charge in [0.1, 0.15) is 5.75 Å². The van der Waals surface area contributed by atoms with Crippen molar-refractivity contribution in [2.75, 3.05) is 13.3 Å². The number of aliphatic hydroxyl groups excluding tert-OH is 1. The second-order valence-electron chi connectivity index (χ2n) is 3.61. The molecule has 0 aliphatic heterocycles. The highest BCUT2D eigenvalue weighted by molar-refractivity contribution is 5.38. The SMILES string of the molecule is Cc1ccc(OCCCF)c([C@H](C)O)c1. The van der Waals surface area contributed by atoms with Gasteiger partial charge in [-0.15, -0.1) is 0 Å². The van der Waals surface area contributed by atoms with E-state index < -0.39 is 6.10 Å². The van der Waals surface area contributed by atoms with Crippen LogP contribution in [0.5, 0.6) is 5.75 Å². The molecule has 0 saturated heterocycles. The lowest BCUT2D eigenvalue weighted by Gasteiger charge is -2.13. The van der Waals surface area contributed by atoms with E-state index in [9.17, 15) is 9.50 Å². The summed E-state index contributed by atoms with van der Waals surface area (Å²) in [5.41, 5.74) is 1.83. The molecule has 1 N–H and O–H groups in total. The number of halogens is 1. The predicted octanol–water partition coefficient (Wildman–Crippen LogP) is 2.79. The number of alkyl halides is 1. The lowest BCUT2D eigenvalue weighted by atomic mass is 10.1. The Morgan fingerprint density at radius 3 is 2.80 bits per heavy atom. The molecule has 2 nitrogen and oxygen atoms in total. The standard InChI is InChI=1S/C12H17FO2/c1-9-4-5-12(15-7-3-6-13)11(8-9)10(2)14/h4-5,8,10,14H,3,6-7H2,1-2H3/t10-/m0/s1. The fourth-order valence-electron chi connectivity index (χ4n) is 1.36. The Kier molecular flexibility index (Phi) is 4.56. The van der Waals surface area contributed by atoms with E-state index in [0.29, 0.717) is 18.8 Å². The lowest BCUT2D eigenvalue weighted by Crippen LogP contribution is -2.03. The van der Waals surface area contributed by atoms with Crippen LogP contribution in [0, 0.1) is 6.92 Å². The first kappa shape index (κ1) is 12.0. The van der Waals surface area contributed by atoms with Gasteiger partial charge in [-0.25, -0.2) is 0 Å². The molecule has 0 fully saturated rings. The van der Waals surface area contributed by atoms with E-state index in [-0.39, 0.29) is 6.67 Å². The zero-order valence-corrected chi connectivity index (χ0v) is 9.16. The summed E-state index contributed by atoms with van der Waals surface area (Å²) >= 11 is 0. The molecule has 0 spiro atoms. The van der Waals surface area contributed by atoms with E-state index in [2.05, 4.69) is 0 Å². The number of ether oxygens (including phenoxy) is 1. The van der Waals surface area contributed by atoms with E-state index >= 15 is 0 Å². The van der Waals surface area contributed by atoms with Crippen molar-refractivity contribution in [1.29, 1.82) is 0 Å². The van der Waals surface area contributed by atoms with E-state index in [0.717, 1.165) is 11.1 Å². The van der Waals surface area contributed by atoms with Gasteiger partial charge in [0.05, 0.1) is 19.4 Å². The van der Waals surface area contributed by atoms with Gasteiger partial charge >= 0.3 is 0 Å². The van der Waals surface area contributed by atoms with Gasteiger partial charge in [0, 0.05) is 12.0 Å². The molecule has 0 saturated carbocycles. The third-order valence-electron chi connectivity index (χ3n) is 2.15. The summed E-state index contributed by atoms with van der Waals surface area (Å²) < 4.78 is 17.3. The Balaban J connectivity index is 2.77. The third kappa shape index (κ3) is 3.51. The number of rotatable bonds is 5. The molecule has 1 aromatic rings. The summed E-state index contributed by atoms with van der Waals surface area (Å²) in [6.07, 6.45) is -0.182. The van der Waals surface area contributed by atoms with Gasteiger partial charge in [0.2, 0.25) is 0 Å². The molecular formula is C12H17FO2. The fraction of sp³-hybridized carbons (Fsp3) is 0.500. The Hall–Kier alpha value is -1.09. The summed E-state index contributed by atoms with van der Waals surface area (Å²) in [6, 6.07) is 5.61. The van der Waals surface area contributed by atoms with Gasteiger partial charge in [-0.1, -0.05) is 11.6 Å². The van der Waals surface area contributed by atoms with Gasteiger partial charge in [-0.05, 0) is 26.0 Å². The largest absolute Gasteiger partial charge is 0.493 e. The smallest absolute Gasteiger partial charge is 0.125 e. The van der Waals surface area contributed by atoms with Crippen LogP contribution >= 0.6 is 0 Å². The Morgan fingerprint density at radius 2 is 2.20 bits per heavy atom. The maximum Gasteiger partial charge on any atom is 0.125 e. The fourth-order valence-corrected chi connectivity index (χ4v) is 1.36. The van der Waals surface area contributed by atoms with Crippen molar-refractivity contribution in [2.45, 2.75) is 26.4 Å². The van der Waals surface area contributed by atoms with Crippen LogP contribution in [0.1, 0.15) is 30.6 Å². The van der Waals surface area contributed by atoms with Crippen molar-refractivity contribution in [3.05, 3.63) is 29.3 Å². The van der Waals surface area contributed by atoms with Crippen LogP contribution in [-0.4, -0.2) is 18.4 Å². The van der Waals surface area contributed by atoms with E-state index in [1.807, 2.05) is 25.1 Å². The molecule has 0 amide bonds. The quantitative estimate of drug-likeness (QED) is 0.760. The zero-order chi connectivity index (χ0) is 11.3. The maximum atomic E-state index is 11.9. The van der Waals surface area contributed by atoms with Gasteiger partial charge in [0.25, 0.3) is 0 Å². The molecule has 0 aliphatic carbocycles. The average molecular weight is 212 g/mol. The molecule has 3 heteroatoms. The Morgan fingerprint density at radius 1 is 1.47 bits per heavy atom. The van der Waals surface area contributed by atoms with Crippen LogP contribution < -0.4 is 4.74 Å².